The first-order valence-corrected chi connectivity index (χ1v) is 12.2. The van der Waals surface area contributed by atoms with Crippen LogP contribution >= 0.6 is 24.4 Å². The summed E-state index contributed by atoms with van der Waals surface area (Å²) in [6.07, 6.45) is 2.17. The molecule has 184 valence electrons. The second-order valence-corrected chi connectivity index (χ2v) is 8.69. The fourth-order valence-electron chi connectivity index (χ4n) is 2.59. The number of rotatable bonds is 16. The molecule has 0 fully saturated rings. The second kappa shape index (κ2) is 15.8. The number of carbonyl (C=O) groups excluding carboxylic acids is 3. The number of hydrogen-bond donors (Lipinski definition) is 7. The van der Waals surface area contributed by atoms with Crippen LogP contribution in [0.1, 0.15) is 39.5 Å². The van der Waals surface area contributed by atoms with Crippen LogP contribution in [-0.2, 0) is 24.0 Å². The largest absolute Gasteiger partial charge is 0.481 e. The summed E-state index contributed by atoms with van der Waals surface area (Å²) in [5.74, 6) is -4.18. The lowest BCUT2D eigenvalue weighted by molar-refractivity contribution is -0.142. The smallest absolute Gasteiger partial charge is 0.326 e. The Hall–Kier alpha value is -1.99. The number of thioether (sulfide) groups is 1. The van der Waals surface area contributed by atoms with E-state index in [1.165, 1.54) is 11.8 Å². The van der Waals surface area contributed by atoms with Crippen LogP contribution in [-0.4, -0.2) is 81.8 Å². The van der Waals surface area contributed by atoms with Crippen molar-refractivity contribution in [2.75, 3.05) is 17.8 Å². The van der Waals surface area contributed by atoms with Crippen molar-refractivity contribution in [3.8, 4) is 0 Å². The Balaban J connectivity index is 5.23. The molecule has 3 amide bonds. The summed E-state index contributed by atoms with van der Waals surface area (Å²) in [6.45, 7) is 3.55. The molecule has 0 bridgehead atoms. The van der Waals surface area contributed by atoms with E-state index in [2.05, 4.69) is 28.6 Å². The van der Waals surface area contributed by atoms with Crippen LogP contribution < -0.4 is 21.7 Å². The summed E-state index contributed by atoms with van der Waals surface area (Å²) in [5.41, 5.74) is 5.66. The molecule has 0 aromatic heterocycles. The van der Waals surface area contributed by atoms with E-state index in [4.69, 9.17) is 10.8 Å². The van der Waals surface area contributed by atoms with Gasteiger partial charge in [-0.05, 0) is 30.8 Å². The zero-order valence-corrected chi connectivity index (χ0v) is 20.2. The van der Waals surface area contributed by atoms with Gasteiger partial charge in [-0.1, -0.05) is 20.3 Å². The predicted molar refractivity (Wildman–Crippen MR) is 125 cm³/mol. The minimum atomic E-state index is -1.17. The Kier molecular flexibility index (Phi) is 14.8. The van der Waals surface area contributed by atoms with Crippen molar-refractivity contribution < 1.29 is 34.2 Å². The van der Waals surface area contributed by atoms with Crippen LogP contribution in [0.4, 0.5) is 0 Å². The molecule has 0 spiro atoms. The van der Waals surface area contributed by atoms with Crippen LogP contribution in [0.5, 0.6) is 0 Å². The average molecular weight is 495 g/mol. The van der Waals surface area contributed by atoms with E-state index in [1.807, 2.05) is 13.2 Å². The number of amides is 3. The number of nitrogens with two attached hydrogens (primary N) is 1. The highest BCUT2D eigenvalue weighted by Crippen LogP contribution is 2.10. The van der Waals surface area contributed by atoms with Crippen LogP contribution in [0.3, 0.4) is 0 Å². The van der Waals surface area contributed by atoms with Gasteiger partial charge >= 0.3 is 11.9 Å². The topological polar surface area (TPSA) is 188 Å². The molecule has 0 saturated heterocycles. The third-order valence-corrected chi connectivity index (χ3v) is 5.85. The van der Waals surface area contributed by atoms with E-state index < -0.39 is 53.8 Å². The lowest BCUT2D eigenvalue weighted by atomic mass is 9.97. The van der Waals surface area contributed by atoms with Gasteiger partial charge in [0.2, 0.25) is 17.7 Å². The van der Waals surface area contributed by atoms with E-state index in [1.54, 1.807) is 6.92 Å². The van der Waals surface area contributed by atoms with Crippen molar-refractivity contribution in [2.24, 2.45) is 11.7 Å². The lowest BCUT2D eigenvalue weighted by Gasteiger charge is -2.27. The van der Waals surface area contributed by atoms with Gasteiger partial charge in [0.25, 0.3) is 0 Å². The molecule has 13 heteroatoms. The summed E-state index contributed by atoms with van der Waals surface area (Å²) in [5, 5.41) is 25.5. The minimum Gasteiger partial charge on any atom is -0.481 e. The first-order chi connectivity index (χ1) is 15.0. The number of carboxylic acid groups (broad SMARTS) is 2. The van der Waals surface area contributed by atoms with E-state index in [0.29, 0.717) is 12.2 Å². The average Bonchev–Trinajstić information content (AvgIpc) is 2.75. The zero-order valence-electron chi connectivity index (χ0n) is 18.5. The van der Waals surface area contributed by atoms with Gasteiger partial charge in [0.05, 0.1) is 6.04 Å². The Labute approximate surface area is 197 Å². The third-order valence-electron chi connectivity index (χ3n) is 4.84. The molecule has 0 aromatic rings. The summed E-state index contributed by atoms with van der Waals surface area (Å²) >= 11 is 5.51. The number of thiol groups is 1. The highest BCUT2D eigenvalue weighted by molar-refractivity contribution is 7.98. The second-order valence-electron chi connectivity index (χ2n) is 7.34. The number of carboxylic acids is 2. The Morgan fingerprint density at radius 1 is 0.969 bits per heavy atom. The van der Waals surface area contributed by atoms with Crippen molar-refractivity contribution >= 4 is 54.1 Å². The van der Waals surface area contributed by atoms with E-state index in [-0.39, 0.29) is 30.9 Å². The van der Waals surface area contributed by atoms with Gasteiger partial charge in [-0.15, -0.1) is 0 Å². The first-order valence-electron chi connectivity index (χ1n) is 10.2. The maximum Gasteiger partial charge on any atom is 0.326 e. The van der Waals surface area contributed by atoms with E-state index >= 15 is 0 Å². The number of carbonyl (C=O) groups is 5. The highest BCUT2D eigenvalue weighted by atomic mass is 32.2. The summed E-state index contributed by atoms with van der Waals surface area (Å²) < 4.78 is 0. The van der Waals surface area contributed by atoms with Gasteiger partial charge < -0.3 is 31.9 Å². The van der Waals surface area contributed by atoms with E-state index in [0.717, 1.165) is 0 Å². The normalized spacial score (nSPS) is 15.5. The lowest BCUT2D eigenvalue weighted by Crippen LogP contribution is -2.59. The van der Waals surface area contributed by atoms with Gasteiger partial charge in [-0.2, -0.15) is 24.4 Å². The molecule has 5 unspecified atom stereocenters. The molecule has 0 heterocycles. The standard InChI is InChI=1S/C19H34N4O7S2/c1-4-10(2)15(18(28)21-12(19(29)30)7-8-32-3)23-17(27)13(9-31)22-16(26)11(20)5-6-14(24)25/h10-13,15,31H,4-9,20H2,1-3H3,(H,21,28)(H,22,26)(H,23,27)(H,24,25)(H,29,30). The van der Waals surface area contributed by atoms with Crippen molar-refractivity contribution in [1.29, 1.82) is 0 Å². The fourth-order valence-corrected chi connectivity index (χ4v) is 3.32. The third kappa shape index (κ3) is 11.0. The molecular weight excluding hydrogens is 460 g/mol. The van der Waals surface area contributed by atoms with Crippen molar-refractivity contribution in [3.63, 3.8) is 0 Å². The summed E-state index contributed by atoms with van der Waals surface area (Å²) in [4.78, 5) is 59.7. The van der Waals surface area contributed by atoms with Gasteiger partial charge in [-0.3, -0.25) is 19.2 Å². The molecule has 5 atom stereocenters. The monoisotopic (exact) mass is 494 g/mol. The highest BCUT2D eigenvalue weighted by Gasteiger charge is 2.32. The van der Waals surface area contributed by atoms with Gasteiger partial charge in [0.1, 0.15) is 18.1 Å². The molecule has 11 nitrogen and oxygen atoms in total. The zero-order chi connectivity index (χ0) is 24.8. The molecule has 0 rings (SSSR count). The molecule has 0 aliphatic heterocycles. The minimum absolute atomic E-state index is 0.0937. The van der Waals surface area contributed by atoms with Gasteiger partial charge in [0, 0.05) is 12.2 Å². The molecule has 0 aliphatic carbocycles. The van der Waals surface area contributed by atoms with Crippen LogP contribution in [0.15, 0.2) is 0 Å². The molecule has 0 aromatic carbocycles. The Morgan fingerprint density at radius 2 is 1.56 bits per heavy atom. The molecular formula is C19H34N4O7S2. The van der Waals surface area contributed by atoms with Crippen molar-refractivity contribution in [2.45, 2.75) is 63.7 Å². The SMILES string of the molecule is CCC(C)C(NC(=O)C(CS)NC(=O)C(N)CCC(=O)O)C(=O)NC(CCSC)C(=O)O. The van der Waals surface area contributed by atoms with Gasteiger partial charge in [-0.25, -0.2) is 4.79 Å². The van der Waals surface area contributed by atoms with Crippen LogP contribution in [0, 0.1) is 5.92 Å². The number of nitrogens with one attached hydrogen (secondary N) is 3. The van der Waals surface area contributed by atoms with Crippen LogP contribution in [0.25, 0.3) is 0 Å². The number of hydrogen-bond acceptors (Lipinski definition) is 8. The molecule has 0 aliphatic rings. The van der Waals surface area contributed by atoms with Gasteiger partial charge in [0.15, 0.2) is 0 Å². The molecule has 0 radical (unpaired) electrons. The Bertz CT molecular complexity index is 666. The van der Waals surface area contributed by atoms with Crippen molar-refractivity contribution in [1.82, 2.24) is 16.0 Å². The quantitative estimate of drug-likeness (QED) is 0.138. The predicted octanol–water partition coefficient (Wildman–Crippen LogP) is -0.553. The van der Waals surface area contributed by atoms with Crippen LogP contribution in [0.2, 0.25) is 0 Å². The summed E-state index contributed by atoms with van der Waals surface area (Å²) in [6, 6.07) is -4.36. The Morgan fingerprint density at radius 3 is 2.03 bits per heavy atom. The summed E-state index contributed by atoms with van der Waals surface area (Å²) in [7, 11) is 0. The molecule has 32 heavy (non-hydrogen) atoms. The van der Waals surface area contributed by atoms with Crippen molar-refractivity contribution in [3.05, 3.63) is 0 Å². The molecule has 0 saturated carbocycles. The fraction of sp³-hybridized carbons (Fsp3) is 0.737. The number of aliphatic carboxylic acids is 2. The molecule has 7 N–H and O–H groups in total. The van der Waals surface area contributed by atoms with E-state index in [9.17, 15) is 29.1 Å². The first kappa shape index (κ1) is 30.0. The maximum absolute atomic E-state index is 12.8. The maximum atomic E-state index is 12.8.